The number of aryl methyl sites for hydroxylation is 1. The molecule has 1 amide bonds. The first-order valence-corrected chi connectivity index (χ1v) is 10.8. The van der Waals surface area contributed by atoms with Crippen molar-refractivity contribution < 1.29 is 9.53 Å². The van der Waals surface area contributed by atoms with Gasteiger partial charge in [0.2, 0.25) is 5.91 Å². The van der Waals surface area contributed by atoms with Crippen LogP contribution in [0.4, 0.5) is 0 Å². The van der Waals surface area contributed by atoms with Crippen LogP contribution in [0.15, 0.2) is 42.5 Å². The van der Waals surface area contributed by atoms with Gasteiger partial charge in [0.05, 0.1) is 6.04 Å². The maximum atomic E-state index is 12.6. The number of hydrogen-bond donors (Lipinski definition) is 1. The van der Waals surface area contributed by atoms with Crippen LogP contribution in [0.25, 0.3) is 0 Å². The maximum absolute atomic E-state index is 12.6. The second kappa shape index (κ2) is 10.3. The molecule has 1 unspecified atom stereocenters. The number of amides is 1. The molecule has 0 radical (unpaired) electrons. The van der Waals surface area contributed by atoms with E-state index in [1.54, 1.807) is 6.07 Å². The highest BCUT2D eigenvalue weighted by Crippen LogP contribution is 2.25. The number of rotatable bonds is 7. The minimum absolute atomic E-state index is 0.0327. The molecular weight excluding hydrogens is 407 g/mol. The highest BCUT2D eigenvalue weighted by molar-refractivity contribution is 6.35. The number of ether oxygens (including phenoxy) is 1. The van der Waals surface area contributed by atoms with Crippen molar-refractivity contribution in [3.8, 4) is 5.75 Å². The molecule has 1 aliphatic heterocycles. The third-order valence-electron chi connectivity index (χ3n) is 5.28. The third-order valence-corrected chi connectivity index (χ3v) is 5.86. The predicted octanol–water partition coefficient (Wildman–Crippen LogP) is 5.10. The summed E-state index contributed by atoms with van der Waals surface area (Å²) < 4.78 is 5.77. The molecule has 2 aromatic carbocycles. The summed E-state index contributed by atoms with van der Waals surface area (Å²) in [5.74, 6) is 0.994. The largest absolute Gasteiger partial charge is 0.491 e. The summed E-state index contributed by atoms with van der Waals surface area (Å²) in [5, 5.41) is 4.43. The summed E-state index contributed by atoms with van der Waals surface area (Å²) in [7, 11) is 0. The summed E-state index contributed by atoms with van der Waals surface area (Å²) in [4.78, 5) is 14.9. The molecule has 3 rings (SSSR count). The second-order valence-electron chi connectivity index (χ2n) is 7.82. The zero-order chi connectivity index (χ0) is 20.8. The lowest BCUT2D eigenvalue weighted by Crippen LogP contribution is -2.44. The van der Waals surface area contributed by atoms with Crippen LogP contribution in [0.5, 0.6) is 5.75 Å². The van der Waals surface area contributed by atoms with Crippen LogP contribution in [0, 0.1) is 12.8 Å². The minimum Gasteiger partial charge on any atom is -0.491 e. The van der Waals surface area contributed by atoms with Gasteiger partial charge in [-0.15, -0.1) is 0 Å². The van der Waals surface area contributed by atoms with E-state index in [0.29, 0.717) is 16.7 Å². The van der Waals surface area contributed by atoms with Crippen molar-refractivity contribution in [2.45, 2.75) is 39.3 Å². The van der Waals surface area contributed by atoms with Crippen molar-refractivity contribution in [3.05, 3.63) is 63.6 Å². The van der Waals surface area contributed by atoms with E-state index in [0.717, 1.165) is 43.8 Å². The Morgan fingerprint density at radius 2 is 1.86 bits per heavy atom. The maximum Gasteiger partial charge on any atom is 0.223 e. The van der Waals surface area contributed by atoms with E-state index in [4.69, 9.17) is 27.9 Å². The van der Waals surface area contributed by atoms with Gasteiger partial charge in [0.1, 0.15) is 12.4 Å². The highest BCUT2D eigenvalue weighted by Gasteiger charge is 2.26. The molecule has 6 heteroatoms. The topological polar surface area (TPSA) is 41.6 Å². The molecular formula is C23H28Cl2N2O2. The van der Waals surface area contributed by atoms with Gasteiger partial charge in [-0.2, -0.15) is 0 Å². The Hall–Kier alpha value is -1.75. The molecule has 1 aliphatic rings. The molecule has 1 saturated heterocycles. The number of likely N-dealkylation sites (tertiary alicyclic amines) is 1. The molecule has 1 atom stereocenters. The summed E-state index contributed by atoms with van der Waals surface area (Å²) in [6, 6.07) is 13.5. The number of nitrogens with one attached hydrogen (secondary N) is 1. The molecule has 2 aromatic rings. The molecule has 0 aromatic heterocycles. The normalized spacial score (nSPS) is 16.4. The van der Waals surface area contributed by atoms with E-state index in [-0.39, 0.29) is 17.9 Å². The minimum atomic E-state index is -0.0327. The second-order valence-corrected chi connectivity index (χ2v) is 8.66. The van der Waals surface area contributed by atoms with Gasteiger partial charge in [-0.3, -0.25) is 9.69 Å². The molecule has 0 spiro atoms. The van der Waals surface area contributed by atoms with E-state index in [1.165, 1.54) is 5.56 Å². The van der Waals surface area contributed by atoms with Gasteiger partial charge in [-0.05, 0) is 69.6 Å². The number of nitrogens with zero attached hydrogens (tertiary/aromatic N) is 1. The van der Waals surface area contributed by atoms with Gasteiger partial charge in [0, 0.05) is 22.5 Å². The van der Waals surface area contributed by atoms with Crippen LogP contribution < -0.4 is 10.1 Å². The number of benzene rings is 2. The molecule has 4 nitrogen and oxygen atoms in total. The summed E-state index contributed by atoms with van der Waals surface area (Å²) in [6.45, 7) is 7.02. The Morgan fingerprint density at radius 1 is 1.17 bits per heavy atom. The number of carbonyl (C=O) groups excluding carboxylic acids is 1. The van der Waals surface area contributed by atoms with Gasteiger partial charge < -0.3 is 10.1 Å². The molecule has 1 heterocycles. The summed E-state index contributed by atoms with van der Waals surface area (Å²) in [5.41, 5.74) is 2.27. The molecule has 156 valence electrons. The first-order chi connectivity index (χ1) is 13.9. The van der Waals surface area contributed by atoms with Gasteiger partial charge in [-0.25, -0.2) is 0 Å². The zero-order valence-electron chi connectivity index (χ0n) is 17.0. The van der Waals surface area contributed by atoms with Gasteiger partial charge >= 0.3 is 0 Å². The van der Waals surface area contributed by atoms with E-state index in [9.17, 15) is 4.79 Å². The SMILES string of the molecule is Cc1ccc(OCC(C)NC(=O)C2CCN(Cc3ccc(Cl)cc3Cl)CC2)cc1. The van der Waals surface area contributed by atoms with Crippen molar-refractivity contribution >= 4 is 29.1 Å². The van der Waals surface area contributed by atoms with Gasteiger partial charge in [-0.1, -0.05) is 47.0 Å². The van der Waals surface area contributed by atoms with E-state index >= 15 is 0 Å². The summed E-state index contributed by atoms with van der Waals surface area (Å²) in [6.07, 6.45) is 1.70. The Morgan fingerprint density at radius 3 is 2.52 bits per heavy atom. The average Bonchev–Trinajstić information content (AvgIpc) is 2.70. The highest BCUT2D eigenvalue weighted by atomic mass is 35.5. The van der Waals surface area contributed by atoms with E-state index < -0.39 is 0 Å². The Bertz CT molecular complexity index is 818. The smallest absolute Gasteiger partial charge is 0.223 e. The van der Waals surface area contributed by atoms with E-state index in [1.807, 2.05) is 50.2 Å². The number of carbonyl (C=O) groups is 1. The fourth-order valence-electron chi connectivity index (χ4n) is 3.50. The van der Waals surface area contributed by atoms with Crippen molar-refractivity contribution in [3.63, 3.8) is 0 Å². The van der Waals surface area contributed by atoms with Crippen LogP contribution in [-0.4, -0.2) is 36.5 Å². The first kappa shape index (κ1) is 21.9. The number of hydrogen-bond acceptors (Lipinski definition) is 3. The van der Waals surface area contributed by atoms with Crippen molar-refractivity contribution in [2.24, 2.45) is 5.92 Å². The number of piperidine rings is 1. The van der Waals surface area contributed by atoms with Crippen LogP contribution >= 0.6 is 23.2 Å². The van der Waals surface area contributed by atoms with Crippen LogP contribution in [-0.2, 0) is 11.3 Å². The molecule has 0 saturated carbocycles. The van der Waals surface area contributed by atoms with Crippen LogP contribution in [0.3, 0.4) is 0 Å². The van der Waals surface area contributed by atoms with Crippen molar-refractivity contribution in [1.82, 2.24) is 10.2 Å². The standard InChI is InChI=1S/C23H28Cl2N2O2/c1-16-3-7-21(8-4-16)29-15-17(2)26-23(28)18-9-11-27(12-10-18)14-19-5-6-20(24)13-22(19)25/h3-8,13,17-18H,9-12,14-15H2,1-2H3,(H,26,28). The number of halogens is 2. The van der Waals surface area contributed by atoms with Crippen molar-refractivity contribution in [1.29, 1.82) is 0 Å². The monoisotopic (exact) mass is 434 g/mol. The fourth-order valence-corrected chi connectivity index (χ4v) is 3.97. The van der Waals surface area contributed by atoms with Crippen LogP contribution in [0.1, 0.15) is 30.9 Å². The molecule has 29 heavy (non-hydrogen) atoms. The predicted molar refractivity (Wildman–Crippen MR) is 119 cm³/mol. The molecule has 1 fully saturated rings. The Balaban J connectivity index is 1.40. The molecule has 0 aliphatic carbocycles. The lowest BCUT2D eigenvalue weighted by molar-refractivity contribution is -0.127. The molecule has 1 N–H and O–H groups in total. The lowest BCUT2D eigenvalue weighted by Gasteiger charge is -2.32. The quantitative estimate of drug-likeness (QED) is 0.658. The Labute approximate surface area is 183 Å². The van der Waals surface area contributed by atoms with E-state index in [2.05, 4.69) is 10.2 Å². The summed E-state index contributed by atoms with van der Waals surface area (Å²) >= 11 is 12.2. The lowest BCUT2D eigenvalue weighted by atomic mass is 9.95. The average molecular weight is 435 g/mol. The van der Waals surface area contributed by atoms with Crippen molar-refractivity contribution in [2.75, 3.05) is 19.7 Å². The van der Waals surface area contributed by atoms with Crippen LogP contribution in [0.2, 0.25) is 10.0 Å². The third kappa shape index (κ3) is 6.63. The first-order valence-electron chi connectivity index (χ1n) is 10.1. The fraction of sp³-hybridized carbons (Fsp3) is 0.435. The zero-order valence-corrected chi connectivity index (χ0v) is 18.5. The molecule has 0 bridgehead atoms. The van der Waals surface area contributed by atoms with Gasteiger partial charge in [0.25, 0.3) is 0 Å². The Kier molecular flexibility index (Phi) is 7.82. The van der Waals surface area contributed by atoms with Gasteiger partial charge in [0.15, 0.2) is 0 Å².